The number of aliphatic hydroxyl groups is 2. The minimum atomic E-state index is -2.09. The summed E-state index contributed by atoms with van der Waals surface area (Å²) >= 11 is 0. The molecule has 2 aliphatic rings. The van der Waals surface area contributed by atoms with Crippen molar-refractivity contribution in [2.75, 3.05) is 27.9 Å². The molecule has 5 rings (SSSR count). The maximum absolute atomic E-state index is 12.8. The molecular formula is C34H41N3O10. The highest BCUT2D eigenvalue weighted by molar-refractivity contribution is 5.82. The number of fused-ring (bicyclic) bond motifs is 3. The topological polar surface area (TPSA) is 202 Å². The zero-order valence-corrected chi connectivity index (χ0v) is 27.1. The lowest BCUT2D eigenvalue weighted by atomic mass is 9.70. The highest BCUT2D eigenvalue weighted by Crippen LogP contribution is 2.70. The number of rotatable bonds is 8. The van der Waals surface area contributed by atoms with Gasteiger partial charge in [-0.1, -0.05) is 42.5 Å². The van der Waals surface area contributed by atoms with Crippen LogP contribution in [0.1, 0.15) is 43.4 Å². The smallest absolute Gasteiger partial charge is 0.408 e. The molecule has 47 heavy (non-hydrogen) atoms. The van der Waals surface area contributed by atoms with Gasteiger partial charge in [-0.2, -0.15) is 0 Å². The van der Waals surface area contributed by atoms with Gasteiger partial charge in [0.1, 0.15) is 34.7 Å². The maximum Gasteiger partial charge on any atom is 0.408 e. The van der Waals surface area contributed by atoms with E-state index in [0.29, 0.717) is 22.6 Å². The van der Waals surface area contributed by atoms with Crippen molar-refractivity contribution in [3.63, 3.8) is 0 Å². The number of carbonyl (C=O) groups is 3. The number of alkyl carbamates (subject to hydrolysis) is 1. The Balaban J connectivity index is 0.000000356. The van der Waals surface area contributed by atoms with E-state index >= 15 is 0 Å². The van der Waals surface area contributed by atoms with E-state index in [1.165, 1.54) is 14.2 Å². The summed E-state index contributed by atoms with van der Waals surface area (Å²) in [6.07, 6.45) is -2.24. The first-order valence-electron chi connectivity index (χ1n) is 14.7. The van der Waals surface area contributed by atoms with E-state index in [1.54, 1.807) is 64.3 Å². The van der Waals surface area contributed by atoms with Crippen LogP contribution < -0.4 is 35.7 Å². The molecule has 252 valence electrons. The predicted octanol–water partition coefficient (Wildman–Crippen LogP) is 2.44. The van der Waals surface area contributed by atoms with Crippen molar-refractivity contribution in [1.82, 2.24) is 5.32 Å². The molecule has 0 spiro atoms. The molecule has 0 bridgehead atoms. The molecule has 5 unspecified atom stereocenters. The Hall–Kier alpha value is -5.01. The zero-order valence-electron chi connectivity index (χ0n) is 27.1. The van der Waals surface area contributed by atoms with E-state index in [9.17, 15) is 24.6 Å². The summed E-state index contributed by atoms with van der Waals surface area (Å²) in [7, 11) is 4.51. The van der Waals surface area contributed by atoms with Crippen molar-refractivity contribution < 1.29 is 48.3 Å². The molecule has 13 nitrogen and oxygen atoms in total. The van der Waals surface area contributed by atoms with Crippen LogP contribution in [0.3, 0.4) is 0 Å². The van der Waals surface area contributed by atoms with E-state index in [0.717, 1.165) is 0 Å². The molecular weight excluding hydrogens is 610 g/mol. The van der Waals surface area contributed by atoms with Gasteiger partial charge in [-0.15, -0.1) is 0 Å². The second-order valence-electron chi connectivity index (χ2n) is 12.1. The largest absolute Gasteiger partial charge is 0.497 e. The van der Waals surface area contributed by atoms with Gasteiger partial charge in [-0.05, 0) is 44.0 Å². The van der Waals surface area contributed by atoms with Gasteiger partial charge in [0.15, 0.2) is 11.2 Å². The Kier molecular flexibility index (Phi) is 9.92. The molecule has 0 radical (unpaired) electrons. The molecule has 3 aromatic rings. The summed E-state index contributed by atoms with van der Waals surface area (Å²) in [5.74, 6) is -1.76. The first kappa shape index (κ1) is 34.9. The van der Waals surface area contributed by atoms with Gasteiger partial charge >= 0.3 is 6.09 Å². The SMILES string of the molecule is CC(C)(C)OC(=O)NCC(N)=O.COc1ccc(C23Oc4cc(OC)cc(OC)c4C2(O)C(O)C(C(N)=O)C3c2ccccc2)cc1. The van der Waals surface area contributed by atoms with Crippen LogP contribution in [0.5, 0.6) is 23.0 Å². The van der Waals surface area contributed by atoms with Gasteiger partial charge in [0.05, 0.1) is 39.4 Å². The van der Waals surface area contributed by atoms with Crippen LogP contribution in [0, 0.1) is 5.92 Å². The summed E-state index contributed by atoms with van der Waals surface area (Å²) in [5, 5.41) is 26.5. The number of nitrogens with one attached hydrogen (secondary N) is 1. The average molecular weight is 652 g/mol. The summed E-state index contributed by atoms with van der Waals surface area (Å²) in [6.45, 7) is 5.00. The molecule has 7 N–H and O–H groups in total. The fraction of sp³-hybridized carbons (Fsp3) is 0.382. The number of benzene rings is 3. The lowest BCUT2D eigenvalue weighted by Gasteiger charge is -2.40. The molecule has 1 aliphatic carbocycles. The molecule has 1 aliphatic heterocycles. The maximum atomic E-state index is 12.8. The van der Waals surface area contributed by atoms with Crippen LogP contribution in [0.15, 0.2) is 66.7 Å². The zero-order chi connectivity index (χ0) is 34.7. The van der Waals surface area contributed by atoms with Crippen molar-refractivity contribution in [3.05, 3.63) is 83.4 Å². The fourth-order valence-electron chi connectivity index (χ4n) is 6.29. The minimum absolute atomic E-state index is 0.199. The van der Waals surface area contributed by atoms with Crippen LogP contribution in [0.2, 0.25) is 0 Å². The van der Waals surface area contributed by atoms with Crippen LogP contribution in [0.4, 0.5) is 4.79 Å². The van der Waals surface area contributed by atoms with Gasteiger partial charge in [-0.3, -0.25) is 9.59 Å². The number of nitrogens with two attached hydrogens (primary N) is 2. The normalized spacial score (nSPS) is 24.0. The summed E-state index contributed by atoms with van der Waals surface area (Å²) in [4.78, 5) is 33.9. The third kappa shape index (κ3) is 6.36. The van der Waals surface area contributed by atoms with E-state index in [1.807, 2.05) is 30.3 Å². The molecule has 3 aromatic carbocycles. The van der Waals surface area contributed by atoms with E-state index in [2.05, 4.69) is 5.32 Å². The molecule has 13 heteroatoms. The van der Waals surface area contributed by atoms with Crippen LogP contribution in [-0.2, 0) is 25.5 Å². The lowest BCUT2D eigenvalue weighted by molar-refractivity contribution is -0.154. The number of ether oxygens (including phenoxy) is 5. The first-order valence-corrected chi connectivity index (χ1v) is 14.7. The molecule has 3 amide bonds. The van der Waals surface area contributed by atoms with Crippen molar-refractivity contribution >= 4 is 17.9 Å². The Bertz CT molecular complexity index is 1610. The number of primary amides is 2. The molecule has 1 fully saturated rings. The Labute approximate surface area is 272 Å². The third-order valence-corrected chi connectivity index (χ3v) is 8.09. The van der Waals surface area contributed by atoms with Gasteiger partial charge in [0.2, 0.25) is 11.8 Å². The Morgan fingerprint density at radius 1 is 0.915 bits per heavy atom. The van der Waals surface area contributed by atoms with Crippen molar-refractivity contribution in [3.8, 4) is 23.0 Å². The Morgan fingerprint density at radius 3 is 2.04 bits per heavy atom. The molecule has 5 atom stereocenters. The third-order valence-electron chi connectivity index (χ3n) is 8.09. The quantitative estimate of drug-likeness (QED) is 0.241. The number of methoxy groups -OCH3 is 3. The minimum Gasteiger partial charge on any atom is -0.497 e. The van der Waals surface area contributed by atoms with Gasteiger partial charge in [0, 0.05) is 18.1 Å². The number of hydrogen-bond donors (Lipinski definition) is 5. The van der Waals surface area contributed by atoms with E-state index in [4.69, 9.17) is 35.2 Å². The molecule has 1 heterocycles. The molecule has 0 saturated heterocycles. The number of carbonyl (C=O) groups excluding carboxylic acids is 3. The summed E-state index contributed by atoms with van der Waals surface area (Å²) < 4.78 is 27.8. The summed E-state index contributed by atoms with van der Waals surface area (Å²) in [6, 6.07) is 19.4. The van der Waals surface area contributed by atoms with Crippen LogP contribution >= 0.6 is 0 Å². The Morgan fingerprint density at radius 2 is 1.53 bits per heavy atom. The van der Waals surface area contributed by atoms with Gasteiger partial charge < -0.3 is 50.7 Å². The van der Waals surface area contributed by atoms with E-state index < -0.39 is 52.7 Å². The molecule has 0 aromatic heterocycles. The van der Waals surface area contributed by atoms with Crippen LogP contribution in [0.25, 0.3) is 0 Å². The second kappa shape index (κ2) is 13.4. The number of hydrogen-bond acceptors (Lipinski definition) is 10. The lowest BCUT2D eigenvalue weighted by Crippen LogP contribution is -2.52. The standard InChI is InChI=1S/C27H27NO7.C7H14N2O3/c1-32-17-11-9-16(10-12-17)27-22(15-7-5-4-6-8-15)21(25(28)30)24(29)26(27,31)23-19(34-3)13-18(33-2)14-20(23)35-27;1-7(2,3)12-6(11)9-4-5(8)10/h4-14,21-22,24,29,31H,1-3H3,(H2,28,30);4H2,1-3H3,(H2,8,10)(H,9,11). The highest BCUT2D eigenvalue weighted by atomic mass is 16.6. The second-order valence-corrected chi connectivity index (χ2v) is 12.1. The highest BCUT2D eigenvalue weighted by Gasteiger charge is 2.77. The average Bonchev–Trinajstić information content (AvgIpc) is 3.41. The first-order chi connectivity index (χ1) is 22.1. The van der Waals surface area contributed by atoms with Crippen molar-refractivity contribution in [2.45, 2.75) is 49.6 Å². The van der Waals surface area contributed by atoms with Gasteiger partial charge in [-0.25, -0.2) is 4.79 Å². The van der Waals surface area contributed by atoms with E-state index in [-0.39, 0.29) is 23.6 Å². The molecule has 1 saturated carbocycles. The summed E-state index contributed by atoms with van der Waals surface area (Å²) in [5.41, 5.74) is 7.84. The number of amides is 3. The monoisotopic (exact) mass is 651 g/mol. The predicted molar refractivity (Wildman–Crippen MR) is 170 cm³/mol. The van der Waals surface area contributed by atoms with Gasteiger partial charge in [0.25, 0.3) is 0 Å². The van der Waals surface area contributed by atoms with Crippen LogP contribution in [-0.4, -0.2) is 67.7 Å². The fourth-order valence-corrected chi connectivity index (χ4v) is 6.29. The van der Waals surface area contributed by atoms with Crippen molar-refractivity contribution in [1.29, 1.82) is 0 Å². The number of aliphatic hydroxyl groups excluding tert-OH is 1. The van der Waals surface area contributed by atoms with Crippen molar-refractivity contribution in [2.24, 2.45) is 17.4 Å².